The number of ether oxygens (including phenoxy) is 1. The highest BCUT2D eigenvalue weighted by atomic mass is 35.5. The molecule has 1 N–H and O–H groups in total. The zero-order valence-corrected chi connectivity index (χ0v) is 15.7. The number of carbonyl (C=O) groups is 2. The molecule has 0 aromatic heterocycles. The molecule has 2 aromatic carbocycles. The minimum absolute atomic E-state index is 0.0787. The van der Waals surface area contributed by atoms with Gasteiger partial charge in [0.25, 0.3) is 5.91 Å². The Morgan fingerprint density at radius 2 is 1.82 bits per heavy atom. The minimum atomic E-state index is -4.58. The van der Waals surface area contributed by atoms with E-state index < -0.39 is 23.6 Å². The smallest absolute Gasteiger partial charge is 0.416 e. The Labute approximate surface area is 165 Å². The quantitative estimate of drug-likeness (QED) is 0.561. The van der Waals surface area contributed by atoms with Gasteiger partial charge in [-0.2, -0.15) is 13.2 Å². The van der Waals surface area contributed by atoms with E-state index in [1.807, 2.05) is 0 Å². The third kappa shape index (κ3) is 5.13. The predicted molar refractivity (Wildman–Crippen MR) is 100.0 cm³/mol. The van der Waals surface area contributed by atoms with Crippen LogP contribution in [0.15, 0.2) is 49.0 Å². The molecule has 0 spiro atoms. The van der Waals surface area contributed by atoms with Gasteiger partial charge in [-0.15, -0.1) is 0 Å². The van der Waals surface area contributed by atoms with Crippen molar-refractivity contribution in [3.05, 3.63) is 76.3 Å². The molecule has 2 aromatic rings. The molecule has 1 amide bonds. The highest BCUT2D eigenvalue weighted by molar-refractivity contribution is 6.33. The summed E-state index contributed by atoms with van der Waals surface area (Å²) < 4.78 is 43.1. The summed E-state index contributed by atoms with van der Waals surface area (Å²) in [5.41, 5.74) is 0.255. The van der Waals surface area contributed by atoms with E-state index >= 15 is 0 Å². The van der Waals surface area contributed by atoms with E-state index in [2.05, 4.69) is 16.6 Å². The zero-order chi connectivity index (χ0) is 20.9. The van der Waals surface area contributed by atoms with Gasteiger partial charge in [-0.3, -0.25) is 4.79 Å². The van der Waals surface area contributed by atoms with Crippen LogP contribution >= 0.6 is 11.6 Å². The fraction of sp³-hybridized carbons (Fsp3) is 0.200. The van der Waals surface area contributed by atoms with Crippen LogP contribution in [0, 0.1) is 0 Å². The van der Waals surface area contributed by atoms with Gasteiger partial charge in [-0.25, -0.2) is 4.79 Å². The van der Waals surface area contributed by atoms with Crippen molar-refractivity contribution in [3.8, 4) is 0 Å². The molecule has 0 heterocycles. The molecular weight excluding hydrogens is 395 g/mol. The summed E-state index contributed by atoms with van der Waals surface area (Å²) in [7, 11) is 1.25. The van der Waals surface area contributed by atoms with Gasteiger partial charge in [-0.1, -0.05) is 42.4 Å². The average molecular weight is 412 g/mol. The molecule has 0 aliphatic rings. The molecule has 2 rings (SSSR count). The number of amides is 1. The lowest BCUT2D eigenvalue weighted by Crippen LogP contribution is -2.26. The Morgan fingerprint density at radius 3 is 2.46 bits per heavy atom. The van der Waals surface area contributed by atoms with E-state index in [-0.39, 0.29) is 22.7 Å². The van der Waals surface area contributed by atoms with Crippen LogP contribution in [-0.2, 0) is 22.1 Å². The number of methoxy groups -OCH3 is 1. The van der Waals surface area contributed by atoms with Crippen LogP contribution in [-0.4, -0.2) is 25.5 Å². The van der Waals surface area contributed by atoms with Gasteiger partial charge in [0.05, 0.1) is 28.8 Å². The normalized spacial score (nSPS) is 11.0. The third-order valence-electron chi connectivity index (χ3n) is 3.99. The molecular formula is C20H17ClF3NO3. The average Bonchev–Trinajstić information content (AvgIpc) is 2.66. The van der Waals surface area contributed by atoms with Gasteiger partial charge in [-0.05, 0) is 35.7 Å². The minimum Gasteiger partial charge on any atom is -0.465 e. The maximum atomic E-state index is 12.8. The fourth-order valence-corrected chi connectivity index (χ4v) is 2.75. The van der Waals surface area contributed by atoms with E-state index in [1.54, 1.807) is 24.3 Å². The molecule has 0 aliphatic carbocycles. The van der Waals surface area contributed by atoms with Gasteiger partial charge >= 0.3 is 12.1 Å². The van der Waals surface area contributed by atoms with E-state index in [1.165, 1.54) is 7.11 Å². The highest BCUT2D eigenvalue weighted by Crippen LogP contribution is 2.31. The largest absolute Gasteiger partial charge is 0.465 e. The van der Waals surface area contributed by atoms with Crippen molar-refractivity contribution in [2.24, 2.45) is 0 Å². The molecule has 0 aliphatic heterocycles. The lowest BCUT2D eigenvalue weighted by Gasteiger charge is -2.13. The lowest BCUT2D eigenvalue weighted by atomic mass is 9.98. The number of carbonyl (C=O) groups excluding carboxylic acids is 2. The van der Waals surface area contributed by atoms with Crippen LogP contribution in [0.5, 0.6) is 0 Å². The topological polar surface area (TPSA) is 55.4 Å². The maximum Gasteiger partial charge on any atom is 0.416 e. The van der Waals surface area contributed by atoms with E-state index in [4.69, 9.17) is 11.6 Å². The van der Waals surface area contributed by atoms with Crippen molar-refractivity contribution < 1.29 is 27.5 Å². The first-order valence-corrected chi connectivity index (χ1v) is 8.53. The first kappa shape index (κ1) is 21.5. The number of alkyl halides is 3. The summed E-state index contributed by atoms with van der Waals surface area (Å²) in [4.78, 5) is 23.9. The van der Waals surface area contributed by atoms with E-state index in [0.29, 0.717) is 18.1 Å². The summed E-state index contributed by atoms with van der Waals surface area (Å²) >= 11 is 5.86. The van der Waals surface area contributed by atoms with Crippen LogP contribution in [0.3, 0.4) is 0 Å². The Kier molecular flexibility index (Phi) is 6.85. The first-order valence-electron chi connectivity index (χ1n) is 8.15. The van der Waals surface area contributed by atoms with Crippen LogP contribution < -0.4 is 5.32 Å². The van der Waals surface area contributed by atoms with Crippen molar-refractivity contribution in [2.75, 3.05) is 13.7 Å². The lowest BCUT2D eigenvalue weighted by molar-refractivity contribution is -0.137. The zero-order valence-electron chi connectivity index (χ0n) is 14.9. The molecule has 0 saturated heterocycles. The second-order valence-corrected chi connectivity index (χ2v) is 6.23. The number of rotatable bonds is 6. The van der Waals surface area contributed by atoms with Gasteiger partial charge in [0.15, 0.2) is 0 Å². The molecule has 28 heavy (non-hydrogen) atoms. The Balaban J connectivity index is 2.10. The van der Waals surface area contributed by atoms with Gasteiger partial charge in [0, 0.05) is 6.54 Å². The standard InChI is InChI=1S/C20H17ClF3NO3/c1-12(19(27)28-2)15-6-4-3-5-13(15)9-10-25-18(26)16-11-14(20(22,23)24)7-8-17(16)21/h3-8,11H,1,9-10H2,2H3,(H,25,26). The summed E-state index contributed by atoms with van der Waals surface area (Å²) in [6.07, 6.45) is -4.25. The summed E-state index contributed by atoms with van der Waals surface area (Å²) in [6, 6.07) is 9.50. The predicted octanol–water partition coefficient (Wildman–Crippen LogP) is 4.52. The van der Waals surface area contributed by atoms with Gasteiger partial charge < -0.3 is 10.1 Å². The fourth-order valence-electron chi connectivity index (χ4n) is 2.55. The molecule has 8 heteroatoms. The van der Waals surface area contributed by atoms with Crippen molar-refractivity contribution in [3.63, 3.8) is 0 Å². The maximum absolute atomic E-state index is 12.8. The first-order chi connectivity index (χ1) is 13.1. The molecule has 0 unspecified atom stereocenters. The summed E-state index contributed by atoms with van der Waals surface area (Å²) in [5, 5.41) is 2.46. The number of hydrogen-bond acceptors (Lipinski definition) is 3. The number of esters is 1. The van der Waals surface area contributed by atoms with E-state index in [0.717, 1.165) is 17.7 Å². The number of hydrogen-bond donors (Lipinski definition) is 1. The van der Waals surface area contributed by atoms with Crippen LogP contribution in [0.2, 0.25) is 5.02 Å². The second-order valence-electron chi connectivity index (χ2n) is 5.83. The second kappa shape index (κ2) is 8.93. The third-order valence-corrected chi connectivity index (χ3v) is 4.32. The molecule has 4 nitrogen and oxygen atoms in total. The Hall–Kier alpha value is -2.80. The van der Waals surface area contributed by atoms with Crippen molar-refractivity contribution in [2.45, 2.75) is 12.6 Å². The molecule has 0 atom stereocenters. The van der Waals surface area contributed by atoms with Crippen LogP contribution in [0.4, 0.5) is 13.2 Å². The highest BCUT2D eigenvalue weighted by Gasteiger charge is 2.31. The van der Waals surface area contributed by atoms with Crippen molar-refractivity contribution in [1.82, 2.24) is 5.32 Å². The number of halogens is 4. The van der Waals surface area contributed by atoms with Gasteiger partial charge in [0.1, 0.15) is 0 Å². The molecule has 0 fully saturated rings. The molecule has 0 bridgehead atoms. The van der Waals surface area contributed by atoms with E-state index in [9.17, 15) is 22.8 Å². The van der Waals surface area contributed by atoms with Gasteiger partial charge in [0.2, 0.25) is 0 Å². The Bertz CT molecular complexity index is 910. The van der Waals surface area contributed by atoms with Crippen molar-refractivity contribution in [1.29, 1.82) is 0 Å². The monoisotopic (exact) mass is 411 g/mol. The molecule has 0 saturated carbocycles. The number of nitrogens with one attached hydrogen (secondary N) is 1. The summed E-state index contributed by atoms with van der Waals surface area (Å²) in [6.45, 7) is 3.83. The van der Waals surface area contributed by atoms with Crippen LogP contribution in [0.25, 0.3) is 5.57 Å². The Morgan fingerprint density at radius 1 is 1.14 bits per heavy atom. The summed E-state index contributed by atoms with van der Waals surface area (Å²) in [5.74, 6) is -1.30. The SMILES string of the molecule is C=C(C(=O)OC)c1ccccc1CCNC(=O)c1cc(C(F)(F)F)ccc1Cl. The number of benzene rings is 2. The molecule has 148 valence electrons. The molecule has 0 radical (unpaired) electrons. The van der Waals surface area contributed by atoms with Crippen molar-refractivity contribution >= 4 is 29.1 Å². The van der Waals surface area contributed by atoms with Crippen LogP contribution in [0.1, 0.15) is 27.0 Å².